The summed E-state index contributed by atoms with van der Waals surface area (Å²) in [6.45, 7) is 4.80. The third-order valence-corrected chi connectivity index (χ3v) is 3.59. The van der Waals surface area contributed by atoms with Gasteiger partial charge in [0.1, 0.15) is 0 Å². The fourth-order valence-corrected chi connectivity index (χ4v) is 2.39. The maximum Gasteiger partial charge on any atom is 0.308 e. The van der Waals surface area contributed by atoms with Crippen molar-refractivity contribution in [2.75, 3.05) is 0 Å². The van der Waals surface area contributed by atoms with Crippen molar-refractivity contribution in [3.05, 3.63) is 58.4 Å². The van der Waals surface area contributed by atoms with Gasteiger partial charge < -0.3 is 9.67 Å². The van der Waals surface area contributed by atoms with Crippen molar-refractivity contribution in [2.45, 2.75) is 33.2 Å². The van der Waals surface area contributed by atoms with Crippen molar-refractivity contribution in [1.82, 2.24) is 4.57 Å². The highest BCUT2D eigenvalue weighted by Crippen LogP contribution is 2.19. The van der Waals surface area contributed by atoms with Gasteiger partial charge in [0.25, 0.3) is 5.56 Å². The van der Waals surface area contributed by atoms with Crippen LogP contribution in [-0.2, 0) is 17.8 Å². The molecule has 4 nitrogen and oxygen atoms in total. The number of pyridine rings is 1. The van der Waals surface area contributed by atoms with Crippen LogP contribution in [0.15, 0.2) is 47.3 Å². The zero-order chi connectivity index (χ0) is 16.1. The highest BCUT2D eigenvalue weighted by atomic mass is 16.4. The van der Waals surface area contributed by atoms with Gasteiger partial charge in [0, 0.05) is 12.1 Å². The Hall–Kier alpha value is -2.36. The first-order valence-corrected chi connectivity index (χ1v) is 7.49. The van der Waals surface area contributed by atoms with Crippen LogP contribution in [0.3, 0.4) is 0 Å². The summed E-state index contributed by atoms with van der Waals surface area (Å²) < 4.78 is 1.70. The van der Waals surface area contributed by atoms with Crippen LogP contribution in [0, 0.1) is 5.92 Å². The quantitative estimate of drug-likeness (QED) is 0.891. The number of carboxylic acids is 1. The summed E-state index contributed by atoms with van der Waals surface area (Å²) in [6, 6.07) is 13.2. The third kappa shape index (κ3) is 3.85. The molecule has 1 aromatic heterocycles. The molecule has 0 aliphatic rings. The van der Waals surface area contributed by atoms with Crippen LogP contribution in [0.25, 0.3) is 11.3 Å². The van der Waals surface area contributed by atoms with Crippen molar-refractivity contribution in [1.29, 1.82) is 0 Å². The molecule has 0 saturated heterocycles. The number of aliphatic carboxylic acids is 1. The van der Waals surface area contributed by atoms with Gasteiger partial charge in [-0.1, -0.05) is 50.2 Å². The topological polar surface area (TPSA) is 59.3 Å². The van der Waals surface area contributed by atoms with Crippen LogP contribution >= 0.6 is 0 Å². The van der Waals surface area contributed by atoms with Crippen molar-refractivity contribution < 1.29 is 9.90 Å². The first-order chi connectivity index (χ1) is 10.5. The minimum atomic E-state index is -0.986. The van der Waals surface area contributed by atoms with Crippen molar-refractivity contribution in [2.24, 2.45) is 5.92 Å². The lowest BCUT2D eigenvalue weighted by molar-refractivity contribution is -0.136. The average molecular weight is 299 g/mol. The third-order valence-electron chi connectivity index (χ3n) is 3.59. The van der Waals surface area contributed by atoms with Crippen LogP contribution in [0.4, 0.5) is 0 Å². The monoisotopic (exact) mass is 299 g/mol. The van der Waals surface area contributed by atoms with Gasteiger partial charge in [-0.05, 0) is 24.0 Å². The number of benzene rings is 1. The fourth-order valence-electron chi connectivity index (χ4n) is 2.39. The molecule has 0 unspecified atom stereocenters. The summed E-state index contributed by atoms with van der Waals surface area (Å²) >= 11 is 0. The SMILES string of the molecule is CC(C)CCn1c(-c2ccccc2)ccc(CC(=O)O)c1=O. The molecule has 0 atom stereocenters. The molecular formula is C18H21NO3. The number of carboxylic acid groups (broad SMARTS) is 1. The predicted octanol–water partition coefficient (Wildman–Crippen LogP) is 3.19. The Labute approximate surface area is 130 Å². The van der Waals surface area contributed by atoms with Crippen molar-refractivity contribution >= 4 is 5.97 Å². The van der Waals surface area contributed by atoms with Crippen LogP contribution in [0.5, 0.6) is 0 Å². The van der Waals surface area contributed by atoms with E-state index in [4.69, 9.17) is 5.11 Å². The second-order valence-electron chi connectivity index (χ2n) is 5.82. The van der Waals surface area contributed by atoms with E-state index in [-0.39, 0.29) is 12.0 Å². The van der Waals surface area contributed by atoms with E-state index >= 15 is 0 Å². The summed E-state index contributed by atoms with van der Waals surface area (Å²) in [5, 5.41) is 8.94. The zero-order valence-electron chi connectivity index (χ0n) is 13.0. The smallest absolute Gasteiger partial charge is 0.308 e. The van der Waals surface area contributed by atoms with Gasteiger partial charge in [0.2, 0.25) is 0 Å². The Morgan fingerprint density at radius 1 is 1.14 bits per heavy atom. The van der Waals surface area contributed by atoms with Gasteiger partial charge in [-0.3, -0.25) is 9.59 Å². The van der Waals surface area contributed by atoms with Gasteiger partial charge in [0.15, 0.2) is 0 Å². The first kappa shape index (κ1) is 16.0. The normalized spacial score (nSPS) is 10.9. The van der Waals surface area contributed by atoms with E-state index < -0.39 is 5.97 Å². The van der Waals surface area contributed by atoms with E-state index in [0.717, 1.165) is 17.7 Å². The number of hydrogen-bond donors (Lipinski definition) is 1. The maximum atomic E-state index is 12.6. The standard InChI is InChI=1S/C18H21NO3/c1-13(2)10-11-19-16(14-6-4-3-5-7-14)9-8-15(18(19)22)12-17(20)21/h3-9,13H,10-12H2,1-2H3,(H,20,21). The molecule has 2 aromatic rings. The Morgan fingerprint density at radius 3 is 2.41 bits per heavy atom. The Morgan fingerprint density at radius 2 is 1.82 bits per heavy atom. The van der Waals surface area contributed by atoms with Crippen LogP contribution < -0.4 is 5.56 Å². The summed E-state index contributed by atoms with van der Waals surface area (Å²) in [4.78, 5) is 23.5. The molecule has 0 radical (unpaired) electrons. The molecule has 0 aliphatic carbocycles. The Kier molecular flexibility index (Phi) is 5.15. The lowest BCUT2D eigenvalue weighted by atomic mass is 10.1. The van der Waals surface area contributed by atoms with Crippen molar-refractivity contribution in [3.8, 4) is 11.3 Å². The number of rotatable bonds is 6. The lowest BCUT2D eigenvalue weighted by Gasteiger charge is -2.15. The van der Waals surface area contributed by atoms with E-state index in [1.54, 1.807) is 10.6 Å². The Bertz CT molecular complexity index is 702. The molecule has 0 saturated carbocycles. The minimum Gasteiger partial charge on any atom is -0.481 e. The van der Waals surface area contributed by atoms with Gasteiger partial charge >= 0.3 is 5.97 Å². The summed E-state index contributed by atoms with van der Waals surface area (Å²) in [5.74, 6) is -0.515. The molecule has 2 rings (SSSR count). The highest BCUT2D eigenvalue weighted by Gasteiger charge is 2.13. The summed E-state index contributed by atoms with van der Waals surface area (Å²) in [7, 11) is 0. The zero-order valence-corrected chi connectivity index (χ0v) is 13.0. The van der Waals surface area contributed by atoms with E-state index in [9.17, 15) is 9.59 Å². The molecule has 1 N–H and O–H groups in total. The highest BCUT2D eigenvalue weighted by molar-refractivity contribution is 5.70. The Balaban J connectivity index is 2.51. The maximum absolute atomic E-state index is 12.6. The molecule has 0 amide bonds. The number of nitrogens with zero attached hydrogens (tertiary/aromatic N) is 1. The van der Waals surface area contributed by atoms with E-state index in [1.807, 2.05) is 36.4 Å². The molecule has 4 heteroatoms. The second-order valence-corrected chi connectivity index (χ2v) is 5.82. The van der Waals surface area contributed by atoms with Gasteiger partial charge in [-0.15, -0.1) is 0 Å². The second kappa shape index (κ2) is 7.07. The molecule has 0 aliphatic heterocycles. The van der Waals surface area contributed by atoms with Gasteiger partial charge in [0.05, 0.1) is 12.1 Å². The molecule has 0 spiro atoms. The van der Waals surface area contributed by atoms with Crippen molar-refractivity contribution in [3.63, 3.8) is 0 Å². The van der Waals surface area contributed by atoms with Gasteiger partial charge in [-0.25, -0.2) is 0 Å². The molecule has 0 fully saturated rings. The van der Waals surface area contributed by atoms with Gasteiger partial charge in [-0.2, -0.15) is 0 Å². The molecule has 0 bridgehead atoms. The first-order valence-electron chi connectivity index (χ1n) is 7.49. The van der Waals surface area contributed by atoms with E-state index in [2.05, 4.69) is 13.8 Å². The van der Waals surface area contributed by atoms with E-state index in [1.165, 1.54) is 0 Å². The summed E-state index contributed by atoms with van der Waals surface area (Å²) in [6.07, 6.45) is 0.631. The number of hydrogen-bond acceptors (Lipinski definition) is 2. The molecule has 22 heavy (non-hydrogen) atoms. The summed E-state index contributed by atoms with van der Waals surface area (Å²) in [5.41, 5.74) is 1.92. The largest absolute Gasteiger partial charge is 0.481 e. The average Bonchev–Trinajstić information content (AvgIpc) is 2.48. The molecule has 116 valence electrons. The molecule has 1 heterocycles. The molecule has 1 aromatic carbocycles. The molecular weight excluding hydrogens is 278 g/mol. The number of aromatic nitrogens is 1. The fraction of sp³-hybridized carbons (Fsp3) is 0.333. The minimum absolute atomic E-state index is 0.204. The van der Waals surface area contributed by atoms with E-state index in [0.29, 0.717) is 18.0 Å². The lowest BCUT2D eigenvalue weighted by Crippen LogP contribution is -2.27. The van der Waals surface area contributed by atoms with Crippen LogP contribution in [0.2, 0.25) is 0 Å². The van der Waals surface area contributed by atoms with Crippen LogP contribution in [0.1, 0.15) is 25.8 Å². The van der Waals surface area contributed by atoms with Crippen LogP contribution in [-0.4, -0.2) is 15.6 Å². The predicted molar refractivity (Wildman–Crippen MR) is 86.9 cm³/mol. The number of carbonyl (C=O) groups is 1.